The topological polar surface area (TPSA) is 49.4 Å². The summed E-state index contributed by atoms with van der Waals surface area (Å²) in [5.41, 5.74) is 2.19. The minimum atomic E-state index is -0.787. The maximum Gasteiger partial charge on any atom is 0.242 e. The van der Waals surface area contributed by atoms with E-state index in [1.165, 1.54) is 29.8 Å². The van der Waals surface area contributed by atoms with Gasteiger partial charge in [0.25, 0.3) is 0 Å². The molecule has 1 N–H and O–H groups in total. The highest BCUT2D eigenvalue weighted by Crippen LogP contribution is 2.25. The van der Waals surface area contributed by atoms with Crippen molar-refractivity contribution in [3.8, 4) is 0 Å². The van der Waals surface area contributed by atoms with Gasteiger partial charge in [0.05, 0.1) is 15.8 Å². The molecule has 178 valence electrons. The van der Waals surface area contributed by atoms with Gasteiger partial charge < -0.3 is 10.2 Å². The Morgan fingerprint density at radius 3 is 2.35 bits per heavy atom. The summed E-state index contributed by atoms with van der Waals surface area (Å²) >= 11 is 13.5. The van der Waals surface area contributed by atoms with E-state index >= 15 is 0 Å². The summed E-state index contributed by atoms with van der Waals surface area (Å²) in [6.45, 7) is -0.0102. The molecule has 0 heterocycles. The highest BCUT2D eigenvalue weighted by Gasteiger charge is 2.30. The summed E-state index contributed by atoms with van der Waals surface area (Å²) in [5.74, 6) is -0.309. The minimum absolute atomic E-state index is 0.0102. The van der Waals surface area contributed by atoms with Crippen LogP contribution in [0.1, 0.15) is 16.7 Å². The summed E-state index contributed by atoms with van der Waals surface area (Å²) in [4.78, 5) is 27.7. The highest BCUT2D eigenvalue weighted by atomic mass is 35.5. The van der Waals surface area contributed by atoms with Gasteiger partial charge in [-0.25, -0.2) is 4.39 Å². The predicted octanol–water partition coefficient (Wildman–Crippen LogP) is 5.75. The molecule has 0 aliphatic rings. The van der Waals surface area contributed by atoms with E-state index in [0.29, 0.717) is 27.8 Å². The molecule has 0 unspecified atom stereocenters. The fourth-order valence-corrected chi connectivity index (χ4v) is 4.68. The molecule has 0 bridgehead atoms. The lowest BCUT2D eigenvalue weighted by Gasteiger charge is -2.31. The van der Waals surface area contributed by atoms with Crippen LogP contribution in [0.5, 0.6) is 0 Å². The molecular formula is C26H25Cl2FN2O2S. The number of likely N-dealkylation sites (N-methyl/N-ethyl adjacent to an activating group) is 1. The van der Waals surface area contributed by atoms with Crippen LogP contribution in [0.25, 0.3) is 0 Å². The molecule has 0 aliphatic heterocycles. The second kappa shape index (κ2) is 12.8. The fraction of sp³-hybridized carbons (Fsp3) is 0.231. The lowest BCUT2D eigenvalue weighted by Crippen LogP contribution is -2.50. The summed E-state index contributed by atoms with van der Waals surface area (Å²) in [6, 6.07) is 20.3. The Bertz CT molecular complexity index is 1130. The van der Waals surface area contributed by atoms with E-state index < -0.39 is 11.9 Å². The number of nitrogens with zero attached hydrogens (tertiary/aromatic N) is 1. The van der Waals surface area contributed by atoms with E-state index in [1.54, 1.807) is 30.3 Å². The molecule has 0 saturated heterocycles. The number of carbonyl (C=O) groups is 2. The number of amides is 2. The van der Waals surface area contributed by atoms with Gasteiger partial charge in [0.2, 0.25) is 11.8 Å². The molecule has 0 saturated carbocycles. The minimum Gasteiger partial charge on any atom is -0.357 e. The van der Waals surface area contributed by atoms with Crippen LogP contribution in [-0.4, -0.2) is 35.6 Å². The zero-order valence-corrected chi connectivity index (χ0v) is 21.0. The predicted molar refractivity (Wildman–Crippen MR) is 138 cm³/mol. The van der Waals surface area contributed by atoms with Crippen molar-refractivity contribution in [3.63, 3.8) is 0 Å². The van der Waals surface area contributed by atoms with Gasteiger partial charge in [0.1, 0.15) is 11.9 Å². The molecule has 0 aromatic heterocycles. The number of carbonyl (C=O) groups excluding carboxylic acids is 2. The van der Waals surface area contributed by atoms with Gasteiger partial charge in [-0.3, -0.25) is 9.59 Å². The van der Waals surface area contributed by atoms with Gasteiger partial charge in [0.15, 0.2) is 0 Å². The largest absolute Gasteiger partial charge is 0.357 e. The Morgan fingerprint density at radius 2 is 1.68 bits per heavy atom. The molecule has 8 heteroatoms. The van der Waals surface area contributed by atoms with Crippen molar-refractivity contribution in [1.82, 2.24) is 10.2 Å². The van der Waals surface area contributed by atoms with Crippen molar-refractivity contribution in [2.45, 2.75) is 24.8 Å². The number of thioether (sulfide) groups is 1. The molecule has 0 radical (unpaired) electrons. The van der Waals surface area contributed by atoms with Gasteiger partial charge >= 0.3 is 0 Å². The summed E-state index contributed by atoms with van der Waals surface area (Å²) in [6.07, 6.45) is 0.318. The third kappa shape index (κ3) is 7.23. The standard InChI is InChI=1S/C26H25Cl2FN2O2S/c1-30-26(33)24(14-18-7-3-2-4-8-18)31(15-20-9-5-6-10-23(20)29)25(32)17-34-16-19-11-12-21(27)22(28)13-19/h2-13,24H,14-17H2,1H3,(H,30,33)/t24-/m1/s1. The maximum absolute atomic E-state index is 14.5. The van der Waals surface area contributed by atoms with Crippen LogP contribution in [0.15, 0.2) is 72.8 Å². The van der Waals surface area contributed by atoms with Gasteiger partial charge in [-0.1, -0.05) is 77.8 Å². The molecule has 0 aliphatic carbocycles. The monoisotopic (exact) mass is 518 g/mol. The maximum atomic E-state index is 14.5. The molecular weight excluding hydrogens is 494 g/mol. The molecule has 4 nitrogen and oxygen atoms in total. The molecule has 3 aromatic carbocycles. The Kier molecular flexibility index (Phi) is 9.81. The van der Waals surface area contributed by atoms with Crippen molar-refractivity contribution < 1.29 is 14.0 Å². The Hall–Kier alpha value is -2.54. The van der Waals surface area contributed by atoms with Gasteiger partial charge in [-0.2, -0.15) is 0 Å². The molecule has 2 amide bonds. The van der Waals surface area contributed by atoms with E-state index in [1.807, 2.05) is 36.4 Å². The van der Waals surface area contributed by atoms with Gasteiger partial charge in [-0.15, -0.1) is 11.8 Å². The lowest BCUT2D eigenvalue weighted by atomic mass is 10.0. The first kappa shape index (κ1) is 26.1. The molecule has 3 aromatic rings. The third-order valence-corrected chi connectivity index (χ3v) is 7.02. The van der Waals surface area contributed by atoms with E-state index in [-0.39, 0.29) is 24.1 Å². The zero-order chi connectivity index (χ0) is 24.5. The van der Waals surface area contributed by atoms with Crippen molar-refractivity contribution in [2.24, 2.45) is 0 Å². The number of benzene rings is 3. The molecule has 0 fully saturated rings. The average molecular weight is 519 g/mol. The highest BCUT2D eigenvalue weighted by molar-refractivity contribution is 7.99. The second-order valence-corrected chi connectivity index (χ2v) is 9.47. The zero-order valence-electron chi connectivity index (χ0n) is 18.6. The number of rotatable bonds is 10. The normalized spacial score (nSPS) is 11.6. The van der Waals surface area contributed by atoms with Gasteiger partial charge in [0, 0.05) is 31.3 Å². The van der Waals surface area contributed by atoms with Crippen molar-refractivity contribution >= 4 is 46.8 Å². The molecule has 1 atom stereocenters. The molecule has 34 heavy (non-hydrogen) atoms. The van der Waals surface area contributed by atoms with Crippen LogP contribution in [0.2, 0.25) is 10.0 Å². The second-order valence-electron chi connectivity index (χ2n) is 7.67. The van der Waals surface area contributed by atoms with Crippen molar-refractivity contribution in [3.05, 3.63) is 105 Å². The Labute approximate surface area is 213 Å². The smallest absolute Gasteiger partial charge is 0.242 e. The van der Waals surface area contributed by atoms with Crippen LogP contribution < -0.4 is 5.32 Å². The van der Waals surface area contributed by atoms with Crippen molar-refractivity contribution in [2.75, 3.05) is 12.8 Å². The van der Waals surface area contributed by atoms with E-state index in [4.69, 9.17) is 23.2 Å². The molecule has 3 rings (SSSR count). The Morgan fingerprint density at radius 1 is 0.971 bits per heavy atom. The first-order chi connectivity index (χ1) is 16.4. The van der Waals surface area contributed by atoms with E-state index in [9.17, 15) is 14.0 Å². The molecule has 0 spiro atoms. The number of nitrogens with one attached hydrogen (secondary N) is 1. The van der Waals surface area contributed by atoms with E-state index in [0.717, 1.165) is 11.1 Å². The van der Waals surface area contributed by atoms with Crippen LogP contribution in [-0.2, 0) is 28.3 Å². The Balaban J connectivity index is 1.81. The summed E-state index contributed by atoms with van der Waals surface area (Å²) in [5, 5.41) is 3.58. The SMILES string of the molecule is CNC(=O)[C@@H](Cc1ccccc1)N(Cc1ccccc1F)C(=O)CSCc1ccc(Cl)c(Cl)c1. The number of hydrogen-bond acceptors (Lipinski definition) is 3. The van der Waals surface area contributed by atoms with Crippen molar-refractivity contribution in [1.29, 1.82) is 0 Å². The number of hydrogen-bond donors (Lipinski definition) is 1. The first-order valence-corrected chi connectivity index (χ1v) is 12.6. The quantitative estimate of drug-likeness (QED) is 0.371. The fourth-order valence-electron chi connectivity index (χ4n) is 3.50. The van der Waals surface area contributed by atoms with Gasteiger partial charge in [-0.05, 0) is 29.3 Å². The number of halogens is 3. The third-order valence-electron chi connectivity index (χ3n) is 5.29. The first-order valence-electron chi connectivity index (χ1n) is 10.7. The lowest BCUT2D eigenvalue weighted by molar-refractivity contribution is -0.139. The van der Waals surface area contributed by atoms with E-state index in [2.05, 4.69) is 5.32 Å². The van der Waals surface area contributed by atoms with Crippen LogP contribution >= 0.6 is 35.0 Å². The van der Waals surface area contributed by atoms with Crippen LogP contribution in [0, 0.1) is 5.82 Å². The van der Waals surface area contributed by atoms with Crippen LogP contribution in [0.4, 0.5) is 4.39 Å². The van der Waals surface area contributed by atoms with Crippen LogP contribution in [0.3, 0.4) is 0 Å². The summed E-state index contributed by atoms with van der Waals surface area (Å²) < 4.78 is 14.5. The average Bonchev–Trinajstić information content (AvgIpc) is 2.84. The summed E-state index contributed by atoms with van der Waals surface area (Å²) in [7, 11) is 1.53.